The zero-order valence-corrected chi connectivity index (χ0v) is 17.4. The van der Waals surface area contributed by atoms with E-state index in [-0.39, 0.29) is 12.5 Å². The van der Waals surface area contributed by atoms with Gasteiger partial charge in [0.2, 0.25) is 5.91 Å². The number of likely N-dealkylation sites (tertiary alicyclic amines) is 1. The first-order chi connectivity index (χ1) is 12.2. The third-order valence-electron chi connectivity index (χ3n) is 4.09. The lowest BCUT2D eigenvalue weighted by Gasteiger charge is -2.28. The number of nitrogens with one attached hydrogen (secondary N) is 1. The van der Waals surface area contributed by atoms with Crippen molar-refractivity contribution in [3.8, 4) is 0 Å². The van der Waals surface area contributed by atoms with Crippen LogP contribution in [0.3, 0.4) is 0 Å². The second-order valence-corrected chi connectivity index (χ2v) is 9.30. The van der Waals surface area contributed by atoms with E-state index in [0.29, 0.717) is 26.2 Å². The number of carbonyl (C=O) groups excluding carboxylic acids is 2. The van der Waals surface area contributed by atoms with Gasteiger partial charge in [-0.15, -0.1) is 11.3 Å². The molecule has 3 rings (SSSR count). The molecule has 2 saturated heterocycles. The number of amides is 2. The second kappa shape index (κ2) is 7.46. The largest absolute Gasteiger partial charge is 0.444 e. The van der Waals surface area contributed by atoms with Crippen LogP contribution in [0.1, 0.15) is 32.1 Å². The number of ether oxygens (including phenoxy) is 3. The molecule has 1 aromatic heterocycles. The molecule has 0 radical (unpaired) electrons. The first-order valence-electron chi connectivity index (χ1n) is 8.46. The fraction of sp³-hybridized carbons (Fsp3) is 0.647. The Balaban J connectivity index is 1.70. The molecule has 1 spiro atoms. The number of hydrogen-bond acceptors (Lipinski definition) is 6. The highest BCUT2D eigenvalue weighted by molar-refractivity contribution is 9.10. The topological polar surface area (TPSA) is 77.1 Å². The van der Waals surface area contributed by atoms with Crippen LogP contribution in [0.5, 0.6) is 0 Å². The maximum Gasteiger partial charge on any atom is 0.411 e. The lowest BCUT2D eigenvalue weighted by molar-refractivity contribution is -0.146. The Bertz CT molecular complexity index is 681. The molecule has 0 unspecified atom stereocenters. The van der Waals surface area contributed by atoms with Crippen molar-refractivity contribution < 1.29 is 23.8 Å². The Morgan fingerprint density at radius 1 is 1.42 bits per heavy atom. The zero-order chi connectivity index (χ0) is 18.9. The highest BCUT2D eigenvalue weighted by Crippen LogP contribution is 2.35. The van der Waals surface area contributed by atoms with Gasteiger partial charge in [-0.3, -0.25) is 9.69 Å². The predicted molar refractivity (Wildman–Crippen MR) is 99.8 cm³/mol. The van der Waals surface area contributed by atoms with Crippen molar-refractivity contribution in [1.82, 2.24) is 10.2 Å². The van der Waals surface area contributed by atoms with Crippen LogP contribution >= 0.6 is 27.3 Å². The van der Waals surface area contributed by atoms with Gasteiger partial charge in [-0.2, -0.15) is 0 Å². The van der Waals surface area contributed by atoms with E-state index in [9.17, 15) is 9.59 Å². The highest BCUT2D eigenvalue weighted by atomic mass is 79.9. The first-order valence-corrected chi connectivity index (χ1v) is 10.1. The van der Waals surface area contributed by atoms with Crippen molar-refractivity contribution in [2.45, 2.75) is 51.2 Å². The molecular weight excluding hydrogens is 424 g/mol. The molecule has 1 aromatic rings. The number of halogens is 1. The molecule has 1 atom stereocenters. The predicted octanol–water partition coefficient (Wildman–Crippen LogP) is 2.88. The van der Waals surface area contributed by atoms with Gasteiger partial charge in [-0.25, -0.2) is 4.79 Å². The summed E-state index contributed by atoms with van der Waals surface area (Å²) in [6.07, 6.45) is -0.237. The van der Waals surface area contributed by atoms with Crippen molar-refractivity contribution in [3.05, 3.63) is 20.8 Å². The lowest BCUT2D eigenvalue weighted by atomic mass is 10.1. The van der Waals surface area contributed by atoms with Crippen LogP contribution in [0.25, 0.3) is 0 Å². The van der Waals surface area contributed by atoms with E-state index in [4.69, 9.17) is 14.2 Å². The maximum atomic E-state index is 12.8. The SMILES string of the molecule is CC(C)(C)OC(=O)N1CC2(C[C@H]1C(=O)NCc1cc(Br)cs1)OCCO2. The summed E-state index contributed by atoms with van der Waals surface area (Å²) >= 11 is 4.95. The minimum Gasteiger partial charge on any atom is -0.444 e. The molecule has 9 heteroatoms. The molecule has 2 aliphatic heterocycles. The minimum absolute atomic E-state index is 0.185. The average molecular weight is 447 g/mol. The number of hydrogen-bond donors (Lipinski definition) is 1. The van der Waals surface area contributed by atoms with Crippen LogP contribution in [-0.4, -0.2) is 54.1 Å². The van der Waals surface area contributed by atoms with E-state index in [1.54, 1.807) is 32.1 Å². The summed E-state index contributed by atoms with van der Waals surface area (Å²) in [5.74, 6) is -1.15. The normalized spacial score (nSPS) is 22.0. The van der Waals surface area contributed by atoms with Crippen molar-refractivity contribution in [2.75, 3.05) is 19.8 Å². The van der Waals surface area contributed by atoms with E-state index >= 15 is 0 Å². The number of carbonyl (C=O) groups is 2. The van der Waals surface area contributed by atoms with Gasteiger partial charge in [-0.1, -0.05) is 0 Å². The van der Waals surface area contributed by atoms with E-state index in [1.165, 1.54) is 4.90 Å². The molecule has 2 amide bonds. The Hall–Kier alpha value is -1.16. The first kappa shape index (κ1) is 19.6. The molecular formula is C17H23BrN2O5S. The van der Waals surface area contributed by atoms with E-state index < -0.39 is 23.5 Å². The van der Waals surface area contributed by atoms with Gasteiger partial charge < -0.3 is 19.5 Å². The van der Waals surface area contributed by atoms with E-state index in [1.807, 2.05) is 11.4 Å². The van der Waals surface area contributed by atoms with Crippen LogP contribution < -0.4 is 5.32 Å². The molecule has 0 saturated carbocycles. The molecule has 7 nitrogen and oxygen atoms in total. The van der Waals surface area contributed by atoms with Crippen LogP contribution in [0.2, 0.25) is 0 Å². The van der Waals surface area contributed by atoms with Crippen LogP contribution in [0.15, 0.2) is 15.9 Å². The Morgan fingerprint density at radius 2 is 2.12 bits per heavy atom. The Labute approximate surface area is 165 Å². The van der Waals surface area contributed by atoms with E-state index in [2.05, 4.69) is 21.2 Å². The summed E-state index contributed by atoms with van der Waals surface area (Å²) in [4.78, 5) is 27.8. The summed E-state index contributed by atoms with van der Waals surface area (Å²) < 4.78 is 17.8. The van der Waals surface area contributed by atoms with Gasteiger partial charge in [0, 0.05) is 21.2 Å². The lowest BCUT2D eigenvalue weighted by Crippen LogP contribution is -2.47. The highest BCUT2D eigenvalue weighted by Gasteiger charge is 2.53. The molecule has 3 heterocycles. The van der Waals surface area contributed by atoms with Gasteiger partial charge >= 0.3 is 6.09 Å². The molecule has 0 aromatic carbocycles. The zero-order valence-electron chi connectivity index (χ0n) is 15.0. The van der Waals surface area contributed by atoms with Crippen molar-refractivity contribution >= 4 is 39.3 Å². The third-order valence-corrected chi connectivity index (χ3v) is 5.79. The summed E-state index contributed by atoms with van der Waals surface area (Å²) in [7, 11) is 0. The van der Waals surface area contributed by atoms with Crippen molar-refractivity contribution in [3.63, 3.8) is 0 Å². The fourth-order valence-electron chi connectivity index (χ4n) is 3.03. The van der Waals surface area contributed by atoms with Crippen LogP contribution in [-0.2, 0) is 25.5 Å². The van der Waals surface area contributed by atoms with Crippen LogP contribution in [0, 0.1) is 0 Å². The molecule has 144 valence electrons. The third kappa shape index (κ3) is 4.57. The van der Waals surface area contributed by atoms with Crippen molar-refractivity contribution in [1.29, 1.82) is 0 Å². The van der Waals surface area contributed by atoms with E-state index in [0.717, 1.165) is 9.35 Å². The quantitative estimate of drug-likeness (QED) is 0.771. The van der Waals surface area contributed by atoms with Crippen molar-refractivity contribution in [2.24, 2.45) is 0 Å². The van der Waals surface area contributed by atoms with Gasteiger partial charge in [0.15, 0.2) is 5.79 Å². The maximum absolute atomic E-state index is 12.8. The summed E-state index contributed by atoms with van der Waals surface area (Å²) in [5.41, 5.74) is -0.644. The molecule has 0 aliphatic carbocycles. The Morgan fingerprint density at radius 3 is 2.69 bits per heavy atom. The number of nitrogens with zero attached hydrogens (tertiary/aromatic N) is 1. The number of thiophene rings is 1. The molecule has 1 N–H and O–H groups in total. The smallest absolute Gasteiger partial charge is 0.411 e. The molecule has 2 aliphatic rings. The fourth-order valence-corrected chi connectivity index (χ4v) is 4.42. The Kier molecular flexibility index (Phi) is 5.62. The van der Waals surface area contributed by atoms with Gasteiger partial charge in [0.05, 0.1) is 26.3 Å². The number of rotatable bonds is 3. The standard InChI is InChI=1S/C17H23BrN2O5S/c1-16(2,3)25-15(22)20-10-17(23-4-5-24-17)7-13(20)14(21)19-8-12-6-11(18)9-26-12/h6,9,13H,4-5,7-8,10H2,1-3H3,(H,19,21)/t13-/m0/s1. The molecule has 26 heavy (non-hydrogen) atoms. The monoisotopic (exact) mass is 446 g/mol. The van der Waals surface area contributed by atoms with Crippen LogP contribution in [0.4, 0.5) is 4.79 Å². The van der Waals surface area contributed by atoms with Gasteiger partial charge in [0.25, 0.3) is 0 Å². The second-order valence-electron chi connectivity index (χ2n) is 7.38. The summed E-state index contributed by atoms with van der Waals surface area (Å²) in [5, 5.41) is 4.86. The minimum atomic E-state index is -0.912. The van der Waals surface area contributed by atoms with Gasteiger partial charge in [-0.05, 0) is 42.8 Å². The summed E-state index contributed by atoms with van der Waals surface area (Å²) in [6.45, 7) is 6.89. The summed E-state index contributed by atoms with van der Waals surface area (Å²) in [6, 6.07) is 1.27. The molecule has 2 fully saturated rings. The average Bonchev–Trinajstić information content (AvgIpc) is 3.25. The van der Waals surface area contributed by atoms with Gasteiger partial charge in [0.1, 0.15) is 11.6 Å². The molecule has 0 bridgehead atoms.